The summed E-state index contributed by atoms with van der Waals surface area (Å²) in [5, 5.41) is 10.7. The zero-order valence-electron chi connectivity index (χ0n) is 11.2. The number of rotatable bonds is 5. The van der Waals surface area contributed by atoms with Gasteiger partial charge in [-0.05, 0) is 51.6 Å². The van der Waals surface area contributed by atoms with Crippen LogP contribution in [0, 0.1) is 0 Å². The van der Waals surface area contributed by atoms with Gasteiger partial charge in [-0.2, -0.15) is 0 Å². The molecule has 1 atom stereocenters. The molecule has 0 amide bonds. The molecule has 2 heteroatoms. The van der Waals surface area contributed by atoms with Crippen LogP contribution in [-0.4, -0.2) is 34.7 Å². The summed E-state index contributed by atoms with van der Waals surface area (Å²) in [5.41, 5.74) is 1.29. The van der Waals surface area contributed by atoms with Gasteiger partial charge in [-0.3, -0.25) is 4.90 Å². The molecule has 0 aromatic rings. The first-order valence-corrected chi connectivity index (χ1v) is 7.29. The smallest absolute Gasteiger partial charge is 0.0760 e. The van der Waals surface area contributed by atoms with Crippen molar-refractivity contribution >= 4 is 0 Å². The summed E-state index contributed by atoms with van der Waals surface area (Å²) in [6, 6.07) is 0. The summed E-state index contributed by atoms with van der Waals surface area (Å²) in [7, 11) is 0. The van der Waals surface area contributed by atoms with Crippen LogP contribution in [0.15, 0.2) is 12.2 Å². The van der Waals surface area contributed by atoms with Gasteiger partial charge in [-0.25, -0.2) is 0 Å². The Labute approximate surface area is 106 Å². The average Bonchev–Trinajstić information content (AvgIpc) is 2.99. The summed E-state index contributed by atoms with van der Waals surface area (Å²) in [4.78, 5) is 2.58. The van der Waals surface area contributed by atoms with Gasteiger partial charge in [0.05, 0.1) is 6.10 Å². The first kappa shape index (κ1) is 13.1. The average molecular weight is 237 g/mol. The molecule has 0 bridgehead atoms. The number of hydrogen-bond donors (Lipinski definition) is 1. The van der Waals surface area contributed by atoms with Gasteiger partial charge in [0.15, 0.2) is 0 Å². The zero-order chi connectivity index (χ0) is 12.3. The molecule has 0 spiro atoms. The van der Waals surface area contributed by atoms with Crippen LogP contribution in [0.5, 0.6) is 0 Å². The van der Waals surface area contributed by atoms with Crippen molar-refractivity contribution in [3.8, 4) is 0 Å². The number of hydrogen-bond acceptors (Lipinski definition) is 2. The number of likely N-dealkylation sites (tertiary alicyclic amines) is 1. The molecule has 1 saturated carbocycles. The predicted molar refractivity (Wildman–Crippen MR) is 72.1 cm³/mol. The molecule has 2 aliphatic rings. The quantitative estimate of drug-likeness (QED) is 0.743. The van der Waals surface area contributed by atoms with Gasteiger partial charge in [0.25, 0.3) is 0 Å². The fraction of sp³-hybridized carbons (Fsp3) is 0.867. The molecule has 1 aliphatic carbocycles. The summed E-state index contributed by atoms with van der Waals surface area (Å²) >= 11 is 0. The van der Waals surface area contributed by atoms with Crippen LogP contribution in [0.4, 0.5) is 0 Å². The number of nitrogens with zero attached hydrogens (tertiary/aromatic N) is 1. The lowest BCUT2D eigenvalue weighted by molar-refractivity contribution is -0.0173. The minimum absolute atomic E-state index is 0.0919. The molecule has 0 aromatic heterocycles. The third-order valence-electron chi connectivity index (χ3n) is 4.81. The van der Waals surface area contributed by atoms with E-state index in [1.807, 2.05) is 0 Å². The third-order valence-corrected chi connectivity index (χ3v) is 4.81. The van der Waals surface area contributed by atoms with E-state index in [4.69, 9.17) is 0 Å². The topological polar surface area (TPSA) is 23.5 Å². The van der Waals surface area contributed by atoms with Crippen molar-refractivity contribution in [3.05, 3.63) is 12.2 Å². The molecule has 1 heterocycles. The largest absolute Gasteiger partial charge is 0.391 e. The highest BCUT2D eigenvalue weighted by molar-refractivity contribution is 5.07. The summed E-state index contributed by atoms with van der Waals surface area (Å²) < 4.78 is 0. The van der Waals surface area contributed by atoms with E-state index < -0.39 is 0 Å². The molecule has 17 heavy (non-hydrogen) atoms. The van der Waals surface area contributed by atoms with Crippen LogP contribution < -0.4 is 0 Å². The van der Waals surface area contributed by atoms with Crippen LogP contribution in [0.25, 0.3) is 0 Å². The van der Waals surface area contributed by atoms with Crippen molar-refractivity contribution in [3.63, 3.8) is 0 Å². The van der Waals surface area contributed by atoms with Crippen molar-refractivity contribution in [2.45, 2.75) is 69.9 Å². The van der Waals surface area contributed by atoms with Gasteiger partial charge in [-0.15, -0.1) is 0 Å². The fourth-order valence-electron chi connectivity index (χ4n) is 3.62. The Hall–Kier alpha value is -0.340. The Kier molecular flexibility index (Phi) is 4.26. The molecule has 1 N–H and O–H groups in total. The van der Waals surface area contributed by atoms with Crippen LogP contribution >= 0.6 is 0 Å². The Balaban J connectivity index is 2.07. The summed E-state index contributed by atoms with van der Waals surface area (Å²) in [6.45, 7) is 8.58. The normalized spacial score (nSPS) is 26.2. The highest BCUT2D eigenvalue weighted by Gasteiger charge is 2.45. The molecular weight excluding hydrogens is 210 g/mol. The first-order valence-electron chi connectivity index (χ1n) is 7.29. The lowest BCUT2D eigenvalue weighted by Gasteiger charge is -2.43. The van der Waals surface area contributed by atoms with Gasteiger partial charge in [0.2, 0.25) is 0 Å². The second-order valence-corrected chi connectivity index (χ2v) is 5.83. The molecule has 98 valence electrons. The zero-order valence-corrected chi connectivity index (χ0v) is 11.2. The highest BCUT2D eigenvalue weighted by Crippen LogP contribution is 2.41. The maximum atomic E-state index is 10.7. The number of aliphatic hydroxyl groups is 1. The van der Waals surface area contributed by atoms with Crippen molar-refractivity contribution in [2.75, 3.05) is 13.1 Å². The lowest BCUT2D eigenvalue weighted by atomic mass is 9.84. The predicted octanol–water partition coefficient (Wildman–Crippen LogP) is 3.11. The van der Waals surface area contributed by atoms with Crippen molar-refractivity contribution in [1.82, 2.24) is 4.90 Å². The second-order valence-electron chi connectivity index (χ2n) is 5.83. The Morgan fingerprint density at radius 1 is 1.24 bits per heavy atom. The van der Waals surface area contributed by atoms with Gasteiger partial charge in [-0.1, -0.05) is 31.9 Å². The van der Waals surface area contributed by atoms with E-state index >= 15 is 0 Å². The van der Waals surface area contributed by atoms with E-state index in [1.165, 1.54) is 57.2 Å². The molecule has 1 aliphatic heterocycles. The lowest BCUT2D eigenvalue weighted by Crippen LogP contribution is -2.53. The molecule has 2 nitrogen and oxygen atoms in total. The van der Waals surface area contributed by atoms with Crippen LogP contribution in [0.2, 0.25) is 0 Å². The standard InChI is InChI=1S/C15H27NO/c1-3-13(2)12-14(17)15(8-4-5-9-15)16-10-6-7-11-16/h14,17H,2-12H2,1H3. The Morgan fingerprint density at radius 2 is 1.82 bits per heavy atom. The molecule has 0 radical (unpaired) electrons. The maximum absolute atomic E-state index is 10.7. The van der Waals surface area contributed by atoms with Gasteiger partial charge in [0.1, 0.15) is 0 Å². The first-order chi connectivity index (χ1) is 8.19. The van der Waals surface area contributed by atoms with E-state index in [9.17, 15) is 5.11 Å². The minimum atomic E-state index is -0.199. The molecule has 2 fully saturated rings. The van der Waals surface area contributed by atoms with E-state index in [2.05, 4.69) is 18.4 Å². The van der Waals surface area contributed by atoms with Gasteiger partial charge < -0.3 is 5.11 Å². The number of aliphatic hydroxyl groups excluding tert-OH is 1. The van der Waals surface area contributed by atoms with E-state index in [0.717, 1.165) is 12.8 Å². The summed E-state index contributed by atoms with van der Waals surface area (Å²) in [6.07, 6.45) is 9.15. The fourth-order valence-corrected chi connectivity index (χ4v) is 3.62. The molecule has 1 saturated heterocycles. The van der Waals surface area contributed by atoms with Gasteiger partial charge >= 0.3 is 0 Å². The van der Waals surface area contributed by atoms with Crippen molar-refractivity contribution in [2.24, 2.45) is 0 Å². The van der Waals surface area contributed by atoms with Crippen LogP contribution in [0.3, 0.4) is 0 Å². The highest BCUT2D eigenvalue weighted by atomic mass is 16.3. The minimum Gasteiger partial charge on any atom is -0.391 e. The van der Waals surface area contributed by atoms with E-state index in [1.54, 1.807) is 0 Å². The Morgan fingerprint density at radius 3 is 2.35 bits per heavy atom. The molecular formula is C15H27NO. The molecule has 1 unspecified atom stereocenters. The van der Waals surface area contributed by atoms with Crippen LogP contribution in [0.1, 0.15) is 58.3 Å². The monoisotopic (exact) mass is 237 g/mol. The summed E-state index contributed by atoms with van der Waals surface area (Å²) in [5.74, 6) is 0. The van der Waals surface area contributed by atoms with E-state index in [-0.39, 0.29) is 11.6 Å². The maximum Gasteiger partial charge on any atom is 0.0760 e. The van der Waals surface area contributed by atoms with Gasteiger partial charge in [0, 0.05) is 5.54 Å². The third kappa shape index (κ3) is 2.58. The van der Waals surface area contributed by atoms with Crippen molar-refractivity contribution < 1.29 is 5.11 Å². The van der Waals surface area contributed by atoms with Crippen LogP contribution in [-0.2, 0) is 0 Å². The van der Waals surface area contributed by atoms with E-state index in [0.29, 0.717) is 0 Å². The molecule has 0 aromatic carbocycles. The van der Waals surface area contributed by atoms with Crippen molar-refractivity contribution in [1.29, 1.82) is 0 Å². The second kappa shape index (κ2) is 5.53. The Bertz CT molecular complexity index is 262. The molecule has 2 rings (SSSR count). The SMILES string of the molecule is C=C(CC)CC(O)C1(N2CCCC2)CCCC1.